The van der Waals surface area contributed by atoms with E-state index in [-0.39, 0.29) is 6.09 Å². The summed E-state index contributed by atoms with van der Waals surface area (Å²) in [5.74, 6) is 0.534. The Balaban J connectivity index is 2.33. The van der Waals surface area contributed by atoms with Crippen molar-refractivity contribution < 1.29 is 9.53 Å². The summed E-state index contributed by atoms with van der Waals surface area (Å²) in [4.78, 5) is 11.6. The third kappa shape index (κ3) is 5.71. The molecule has 1 amide bonds. The lowest BCUT2D eigenvalue weighted by molar-refractivity contribution is 0.0511. The van der Waals surface area contributed by atoms with E-state index in [0.29, 0.717) is 18.5 Å². The zero-order valence-electron chi connectivity index (χ0n) is 12.2. The minimum Gasteiger partial charge on any atom is -0.444 e. The van der Waals surface area contributed by atoms with Crippen molar-refractivity contribution in [2.75, 3.05) is 13.1 Å². The van der Waals surface area contributed by atoms with Crippen LogP contribution in [0.3, 0.4) is 0 Å². The number of ether oxygens (including phenoxy) is 1. The van der Waals surface area contributed by atoms with E-state index in [1.54, 1.807) is 0 Å². The van der Waals surface area contributed by atoms with Crippen LogP contribution in [0.1, 0.15) is 53.4 Å². The molecule has 4 heteroatoms. The second-order valence-electron chi connectivity index (χ2n) is 6.13. The van der Waals surface area contributed by atoms with Gasteiger partial charge in [0.2, 0.25) is 0 Å². The summed E-state index contributed by atoms with van der Waals surface area (Å²) >= 11 is 0. The Bertz CT molecular complexity index is 259. The standard InChI is InChI=1S/C14H28N2O2/c1-5-7-12-11(8-6-9-15-12)10-16-13(17)18-14(2,3)4/h11-12,15H,5-10H2,1-4H3,(H,16,17). The first-order valence-electron chi connectivity index (χ1n) is 7.12. The Hall–Kier alpha value is -0.770. The molecule has 2 atom stereocenters. The number of piperidine rings is 1. The Morgan fingerprint density at radius 1 is 1.44 bits per heavy atom. The summed E-state index contributed by atoms with van der Waals surface area (Å²) in [5.41, 5.74) is -0.419. The monoisotopic (exact) mass is 256 g/mol. The van der Waals surface area contributed by atoms with Crippen LogP contribution in [0.2, 0.25) is 0 Å². The van der Waals surface area contributed by atoms with Crippen LogP contribution < -0.4 is 10.6 Å². The van der Waals surface area contributed by atoms with Gasteiger partial charge in [0.05, 0.1) is 0 Å². The molecule has 0 radical (unpaired) electrons. The number of rotatable bonds is 4. The van der Waals surface area contributed by atoms with E-state index in [9.17, 15) is 4.79 Å². The minimum absolute atomic E-state index is 0.302. The highest BCUT2D eigenvalue weighted by molar-refractivity contribution is 5.67. The quantitative estimate of drug-likeness (QED) is 0.813. The van der Waals surface area contributed by atoms with E-state index in [1.165, 1.54) is 25.7 Å². The summed E-state index contributed by atoms with van der Waals surface area (Å²) < 4.78 is 5.25. The normalized spacial score (nSPS) is 24.7. The molecule has 0 bridgehead atoms. The van der Waals surface area contributed by atoms with Crippen LogP contribution in [0.15, 0.2) is 0 Å². The van der Waals surface area contributed by atoms with Crippen molar-refractivity contribution in [3.05, 3.63) is 0 Å². The molecule has 2 unspecified atom stereocenters. The Kier molecular flexibility index (Phi) is 5.93. The van der Waals surface area contributed by atoms with E-state index < -0.39 is 5.60 Å². The number of nitrogens with one attached hydrogen (secondary N) is 2. The van der Waals surface area contributed by atoms with Crippen LogP contribution in [0, 0.1) is 5.92 Å². The number of amides is 1. The predicted molar refractivity (Wildman–Crippen MR) is 73.7 cm³/mol. The molecule has 1 aliphatic rings. The largest absolute Gasteiger partial charge is 0.444 e. The number of alkyl carbamates (subject to hydrolysis) is 1. The van der Waals surface area contributed by atoms with E-state index in [0.717, 1.165) is 6.54 Å². The highest BCUT2D eigenvalue weighted by Gasteiger charge is 2.25. The van der Waals surface area contributed by atoms with Gasteiger partial charge >= 0.3 is 6.09 Å². The van der Waals surface area contributed by atoms with Gasteiger partial charge in [-0.1, -0.05) is 13.3 Å². The van der Waals surface area contributed by atoms with E-state index >= 15 is 0 Å². The molecule has 1 fully saturated rings. The number of hydrogen-bond donors (Lipinski definition) is 2. The highest BCUT2D eigenvalue weighted by atomic mass is 16.6. The van der Waals surface area contributed by atoms with Crippen molar-refractivity contribution >= 4 is 6.09 Å². The Morgan fingerprint density at radius 3 is 2.78 bits per heavy atom. The van der Waals surface area contributed by atoms with Crippen LogP contribution in [0.4, 0.5) is 4.79 Å². The van der Waals surface area contributed by atoms with Gasteiger partial charge in [-0.05, 0) is 52.5 Å². The van der Waals surface area contributed by atoms with Gasteiger partial charge in [0.25, 0.3) is 0 Å². The van der Waals surface area contributed by atoms with E-state index in [1.807, 2.05) is 20.8 Å². The molecule has 18 heavy (non-hydrogen) atoms. The first-order valence-corrected chi connectivity index (χ1v) is 7.12. The molecule has 1 rings (SSSR count). The molecule has 1 saturated heterocycles. The maximum atomic E-state index is 11.6. The van der Waals surface area contributed by atoms with Gasteiger partial charge in [0, 0.05) is 12.6 Å². The maximum absolute atomic E-state index is 11.6. The second kappa shape index (κ2) is 6.98. The van der Waals surface area contributed by atoms with Gasteiger partial charge in [0.1, 0.15) is 5.60 Å². The molecule has 1 heterocycles. The molecule has 0 aromatic carbocycles. The van der Waals surface area contributed by atoms with Gasteiger partial charge in [-0.25, -0.2) is 4.79 Å². The third-order valence-electron chi connectivity index (χ3n) is 3.23. The van der Waals surface area contributed by atoms with Gasteiger partial charge in [-0.15, -0.1) is 0 Å². The average molecular weight is 256 g/mol. The van der Waals surface area contributed by atoms with Gasteiger partial charge in [-0.3, -0.25) is 0 Å². The fraction of sp³-hybridized carbons (Fsp3) is 0.929. The van der Waals surface area contributed by atoms with Crippen LogP contribution >= 0.6 is 0 Å². The first kappa shape index (κ1) is 15.3. The van der Waals surface area contributed by atoms with Crippen molar-refractivity contribution in [2.45, 2.75) is 65.0 Å². The zero-order chi connectivity index (χ0) is 13.6. The lowest BCUT2D eigenvalue weighted by atomic mass is 9.88. The number of hydrogen-bond acceptors (Lipinski definition) is 3. The van der Waals surface area contributed by atoms with Gasteiger partial charge in [-0.2, -0.15) is 0 Å². The Labute approximate surface area is 111 Å². The molecule has 4 nitrogen and oxygen atoms in total. The van der Waals surface area contributed by atoms with Crippen LogP contribution in [0.25, 0.3) is 0 Å². The Morgan fingerprint density at radius 2 is 2.17 bits per heavy atom. The molecule has 0 aromatic rings. The van der Waals surface area contributed by atoms with E-state index in [4.69, 9.17) is 4.74 Å². The topological polar surface area (TPSA) is 50.4 Å². The van der Waals surface area contributed by atoms with Crippen LogP contribution in [-0.2, 0) is 4.74 Å². The van der Waals surface area contributed by atoms with Crippen LogP contribution in [0.5, 0.6) is 0 Å². The molecule has 106 valence electrons. The second-order valence-corrected chi connectivity index (χ2v) is 6.13. The molecular weight excluding hydrogens is 228 g/mol. The molecule has 0 aliphatic carbocycles. The number of carbonyl (C=O) groups excluding carboxylic acids is 1. The third-order valence-corrected chi connectivity index (χ3v) is 3.23. The molecular formula is C14H28N2O2. The molecule has 0 saturated carbocycles. The summed E-state index contributed by atoms with van der Waals surface area (Å²) in [5, 5.41) is 6.45. The van der Waals surface area contributed by atoms with Crippen molar-refractivity contribution in [1.82, 2.24) is 10.6 Å². The van der Waals surface area contributed by atoms with Gasteiger partial charge < -0.3 is 15.4 Å². The lowest BCUT2D eigenvalue weighted by Gasteiger charge is -2.33. The highest BCUT2D eigenvalue weighted by Crippen LogP contribution is 2.19. The van der Waals surface area contributed by atoms with E-state index in [2.05, 4.69) is 17.6 Å². The number of carbonyl (C=O) groups is 1. The predicted octanol–water partition coefficient (Wildman–Crippen LogP) is 2.68. The van der Waals surface area contributed by atoms with Crippen molar-refractivity contribution in [1.29, 1.82) is 0 Å². The van der Waals surface area contributed by atoms with Crippen LogP contribution in [-0.4, -0.2) is 30.8 Å². The van der Waals surface area contributed by atoms with Gasteiger partial charge in [0.15, 0.2) is 0 Å². The maximum Gasteiger partial charge on any atom is 0.407 e. The zero-order valence-corrected chi connectivity index (χ0v) is 12.2. The summed E-state index contributed by atoms with van der Waals surface area (Å²) in [6.45, 7) is 9.67. The van der Waals surface area contributed by atoms with Crippen molar-refractivity contribution in [3.8, 4) is 0 Å². The van der Waals surface area contributed by atoms with Crippen molar-refractivity contribution in [3.63, 3.8) is 0 Å². The van der Waals surface area contributed by atoms with Crippen molar-refractivity contribution in [2.24, 2.45) is 5.92 Å². The molecule has 0 spiro atoms. The fourth-order valence-electron chi connectivity index (χ4n) is 2.44. The summed E-state index contributed by atoms with van der Waals surface area (Å²) in [6.07, 6.45) is 4.44. The molecule has 0 aromatic heterocycles. The SMILES string of the molecule is CCCC1NCCCC1CNC(=O)OC(C)(C)C. The average Bonchev–Trinajstić information content (AvgIpc) is 2.26. The fourth-order valence-corrected chi connectivity index (χ4v) is 2.44. The molecule has 2 N–H and O–H groups in total. The summed E-state index contributed by atoms with van der Waals surface area (Å²) in [7, 11) is 0. The molecule has 1 aliphatic heterocycles. The summed E-state index contributed by atoms with van der Waals surface area (Å²) in [6, 6.07) is 0.540. The minimum atomic E-state index is -0.419. The lowest BCUT2D eigenvalue weighted by Crippen LogP contribution is -2.46. The first-order chi connectivity index (χ1) is 8.42. The smallest absolute Gasteiger partial charge is 0.407 e.